The molecule has 2 N–H and O–H groups in total. The van der Waals surface area contributed by atoms with Gasteiger partial charge < -0.3 is 10.4 Å². The van der Waals surface area contributed by atoms with Crippen molar-refractivity contribution in [3.8, 4) is 0 Å². The molecule has 2 rings (SSSR count). The van der Waals surface area contributed by atoms with Gasteiger partial charge in [-0.2, -0.15) is 0 Å². The van der Waals surface area contributed by atoms with E-state index in [0.29, 0.717) is 18.9 Å². The SMILES string of the molecule is O=C(N[C@H]1CC[C@@H](C(=O)O)C1)c1ccc(F)cc1[N+](=O)[O-]. The van der Waals surface area contributed by atoms with Crippen LogP contribution in [0.3, 0.4) is 0 Å². The summed E-state index contributed by atoms with van der Waals surface area (Å²) in [5, 5.41) is 22.3. The molecule has 1 aliphatic carbocycles. The average molecular weight is 296 g/mol. The largest absolute Gasteiger partial charge is 0.481 e. The first-order valence-electron chi connectivity index (χ1n) is 6.36. The molecule has 0 aromatic heterocycles. The van der Waals surface area contributed by atoms with E-state index in [4.69, 9.17) is 5.11 Å². The van der Waals surface area contributed by atoms with Crippen molar-refractivity contribution in [3.63, 3.8) is 0 Å². The van der Waals surface area contributed by atoms with Gasteiger partial charge in [-0.1, -0.05) is 0 Å². The number of nitrogens with one attached hydrogen (secondary N) is 1. The smallest absolute Gasteiger partial charge is 0.306 e. The van der Waals surface area contributed by atoms with E-state index in [1.165, 1.54) is 0 Å². The van der Waals surface area contributed by atoms with Crippen LogP contribution in [-0.2, 0) is 4.79 Å². The Morgan fingerprint density at radius 1 is 1.38 bits per heavy atom. The number of carboxylic acid groups (broad SMARTS) is 1. The van der Waals surface area contributed by atoms with Crippen LogP contribution in [0.4, 0.5) is 10.1 Å². The lowest BCUT2D eigenvalue weighted by molar-refractivity contribution is -0.385. The molecule has 2 atom stereocenters. The fourth-order valence-corrected chi connectivity index (χ4v) is 2.45. The van der Waals surface area contributed by atoms with E-state index in [1.54, 1.807) is 0 Å². The third-order valence-electron chi connectivity index (χ3n) is 3.52. The second-order valence-electron chi connectivity index (χ2n) is 4.94. The van der Waals surface area contributed by atoms with Crippen molar-refractivity contribution in [2.45, 2.75) is 25.3 Å². The number of carbonyl (C=O) groups is 2. The Bertz CT molecular complexity index is 604. The maximum atomic E-state index is 13.0. The number of aliphatic carboxylic acids is 1. The number of amides is 1. The van der Waals surface area contributed by atoms with Gasteiger partial charge in [0.25, 0.3) is 11.6 Å². The third-order valence-corrected chi connectivity index (χ3v) is 3.52. The fourth-order valence-electron chi connectivity index (χ4n) is 2.45. The minimum Gasteiger partial charge on any atom is -0.481 e. The molecule has 1 amide bonds. The highest BCUT2D eigenvalue weighted by atomic mass is 19.1. The first-order chi connectivity index (χ1) is 9.88. The molecule has 1 saturated carbocycles. The van der Waals surface area contributed by atoms with Gasteiger partial charge in [-0.25, -0.2) is 4.39 Å². The molecule has 1 aromatic carbocycles. The summed E-state index contributed by atoms with van der Waals surface area (Å²) >= 11 is 0. The minimum absolute atomic E-state index is 0.236. The van der Waals surface area contributed by atoms with E-state index in [0.717, 1.165) is 12.1 Å². The number of halogens is 1. The quantitative estimate of drug-likeness (QED) is 0.649. The first kappa shape index (κ1) is 14.9. The Balaban J connectivity index is 2.11. The van der Waals surface area contributed by atoms with Crippen LogP contribution in [0.15, 0.2) is 18.2 Å². The Morgan fingerprint density at radius 2 is 2.10 bits per heavy atom. The van der Waals surface area contributed by atoms with Crippen molar-refractivity contribution >= 4 is 17.6 Å². The number of nitrogens with zero attached hydrogens (tertiary/aromatic N) is 1. The minimum atomic E-state index is -0.917. The molecule has 1 fully saturated rings. The van der Waals surface area contributed by atoms with E-state index in [2.05, 4.69) is 5.32 Å². The van der Waals surface area contributed by atoms with Crippen LogP contribution >= 0.6 is 0 Å². The molecule has 0 saturated heterocycles. The zero-order valence-corrected chi connectivity index (χ0v) is 10.9. The van der Waals surface area contributed by atoms with E-state index < -0.39 is 34.2 Å². The number of benzene rings is 1. The van der Waals surface area contributed by atoms with Gasteiger partial charge in [0, 0.05) is 6.04 Å². The van der Waals surface area contributed by atoms with Gasteiger partial charge in [0.15, 0.2) is 0 Å². The van der Waals surface area contributed by atoms with E-state index in [9.17, 15) is 24.1 Å². The van der Waals surface area contributed by atoms with Crippen molar-refractivity contribution in [1.82, 2.24) is 5.32 Å². The summed E-state index contributed by atoms with van der Waals surface area (Å²) in [7, 11) is 0. The molecule has 0 spiro atoms. The molecule has 8 heteroatoms. The molecule has 0 bridgehead atoms. The lowest BCUT2D eigenvalue weighted by Crippen LogP contribution is -2.33. The highest BCUT2D eigenvalue weighted by molar-refractivity contribution is 5.98. The van der Waals surface area contributed by atoms with Crippen LogP contribution in [0.1, 0.15) is 29.6 Å². The number of nitro groups is 1. The molecule has 1 aromatic rings. The van der Waals surface area contributed by atoms with Gasteiger partial charge in [0.05, 0.1) is 16.9 Å². The van der Waals surface area contributed by atoms with Crippen LogP contribution < -0.4 is 5.32 Å². The Labute approximate surface area is 118 Å². The molecule has 7 nitrogen and oxygen atoms in total. The van der Waals surface area contributed by atoms with Gasteiger partial charge in [-0.05, 0) is 31.4 Å². The predicted octanol–water partition coefficient (Wildman–Crippen LogP) is 1.72. The number of rotatable bonds is 4. The van der Waals surface area contributed by atoms with Crippen LogP contribution in [0.5, 0.6) is 0 Å². The molecule has 0 heterocycles. The summed E-state index contributed by atoms with van der Waals surface area (Å²) in [6.07, 6.45) is 1.24. The zero-order chi connectivity index (χ0) is 15.6. The van der Waals surface area contributed by atoms with Crippen LogP contribution in [0.2, 0.25) is 0 Å². The van der Waals surface area contributed by atoms with Gasteiger partial charge >= 0.3 is 5.97 Å². The number of nitro benzene ring substituents is 1. The van der Waals surface area contributed by atoms with E-state index in [-0.39, 0.29) is 18.0 Å². The number of carbonyl (C=O) groups excluding carboxylic acids is 1. The summed E-state index contributed by atoms with van der Waals surface area (Å²) in [5.74, 6) is -2.93. The van der Waals surface area contributed by atoms with Gasteiger partial charge in [-0.15, -0.1) is 0 Å². The fraction of sp³-hybridized carbons (Fsp3) is 0.385. The topological polar surface area (TPSA) is 110 Å². The summed E-state index contributed by atoms with van der Waals surface area (Å²) in [5.41, 5.74) is -0.847. The van der Waals surface area contributed by atoms with Crippen molar-refractivity contribution < 1.29 is 24.0 Å². The summed E-state index contributed by atoms with van der Waals surface area (Å²) in [4.78, 5) is 32.9. The number of carboxylic acids is 1. The molecule has 112 valence electrons. The van der Waals surface area contributed by atoms with Crippen molar-refractivity contribution in [3.05, 3.63) is 39.7 Å². The van der Waals surface area contributed by atoms with Crippen LogP contribution in [0.25, 0.3) is 0 Å². The lowest BCUT2D eigenvalue weighted by Gasteiger charge is -2.12. The molecule has 0 radical (unpaired) electrons. The second-order valence-corrected chi connectivity index (χ2v) is 4.94. The van der Waals surface area contributed by atoms with Crippen molar-refractivity contribution in [2.75, 3.05) is 0 Å². The highest BCUT2D eigenvalue weighted by Crippen LogP contribution is 2.27. The Hall–Kier alpha value is -2.51. The summed E-state index contributed by atoms with van der Waals surface area (Å²) in [6.45, 7) is 0. The van der Waals surface area contributed by atoms with Gasteiger partial charge in [0.2, 0.25) is 0 Å². The Morgan fingerprint density at radius 3 is 2.67 bits per heavy atom. The summed E-state index contributed by atoms with van der Waals surface area (Å²) in [6, 6.07) is 2.36. The predicted molar refractivity (Wildman–Crippen MR) is 69.3 cm³/mol. The van der Waals surface area contributed by atoms with Gasteiger partial charge in [-0.3, -0.25) is 19.7 Å². The molecule has 21 heavy (non-hydrogen) atoms. The number of hydrogen-bond donors (Lipinski definition) is 2. The van der Waals surface area contributed by atoms with E-state index in [1.807, 2.05) is 0 Å². The maximum Gasteiger partial charge on any atom is 0.306 e. The standard InChI is InChI=1S/C13H13FN2O5/c14-8-2-4-10(11(6-8)16(20)21)12(17)15-9-3-1-7(5-9)13(18)19/h2,4,6-7,9H,1,3,5H2,(H,15,17)(H,18,19)/t7-,9+/m1/s1. The average Bonchev–Trinajstić information content (AvgIpc) is 2.87. The van der Waals surface area contributed by atoms with Crippen LogP contribution in [0, 0.1) is 21.8 Å². The molecular formula is C13H13FN2O5. The first-order valence-corrected chi connectivity index (χ1v) is 6.36. The monoisotopic (exact) mass is 296 g/mol. The van der Waals surface area contributed by atoms with Crippen LogP contribution in [-0.4, -0.2) is 27.9 Å². The van der Waals surface area contributed by atoms with Crippen molar-refractivity contribution in [1.29, 1.82) is 0 Å². The zero-order valence-electron chi connectivity index (χ0n) is 10.9. The number of hydrogen-bond acceptors (Lipinski definition) is 4. The molecule has 0 unspecified atom stereocenters. The van der Waals surface area contributed by atoms with Gasteiger partial charge in [0.1, 0.15) is 11.4 Å². The second kappa shape index (κ2) is 5.86. The molecule has 0 aliphatic heterocycles. The summed E-state index contributed by atoms with van der Waals surface area (Å²) < 4.78 is 13.0. The van der Waals surface area contributed by atoms with E-state index >= 15 is 0 Å². The lowest BCUT2D eigenvalue weighted by atomic mass is 10.1. The highest BCUT2D eigenvalue weighted by Gasteiger charge is 2.31. The third kappa shape index (κ3) is 3.33. The normalized spacial score (nSPS) is 21.0. The maximum absolute atomic E-state index is 13.0. The van der Waals surface area contributed by atoms with Crippen molar-refractivity contribution in [2.24, 2.45) is 5.92 Å². The Kier molecular flexibility index (Phi) is 4.15. The molecule has 1 aliphatic rings. The molecular weight excluding hydrogens is 283 g/mol.